The van der Waals surface area contributed by atoms with Gasteiger partial charge in [0.1, 0.15) is 24.7 Å². The van der Waals surface area contributed by atoms with Crippen molar-refractivity contribution in [2.24, 2.45) is 0 Å². The van der Waals surface area contributed by atoms with Crippen molar-refractivity contribution < 1.29 is 23.7 Å². The Kier molecular flexibility index (Phi) is 9.26. The molecule has 7 heteroatoms. The Morgan fingerprint density at radius 1 is 0.659 bits per heavy atom. The van der Waals surface area contributed by atoms with E-state index < -0.39 is 0 Å². The van der Waals surface area contributed by atoms with Crippen molar-refractivity contribution in [1.29, 1.82) is 0 Å². The Bertz CT molecular complexity index is 1810. The molecule has 0 N–H and O–H groups in total. The van der Waals surface area contributed by atoms with Crippen LogP contribution in [0.15, 0.2) is 120 Å². The van der Waals surface area contributed by atoms with Crippen LogP contribution in [0, 0.1) is 0 Å². The normalized spacial score (nSPS) is 14.1. The van der Waals surface area contributed by atoms with Crippen LogP contribution in [0.5, 0.6) is 11.5 Å². The van der Waals surface area contributed by atoms with Crippen LogP contribution in [0.1, 0.15) is 22.3 Å². The Balaban J connectivity index is 0.000000162. The smallest absolute Gasteiger partial charge is 0.251 e. The minimum Gasteiger partial charge on any atom is -0.488 e. The third-order valence-corrected chi connectivity index (χ3v) is 7.45. The van der Waals surface area contributed by atoms with Crippen LogP contribution in [0.25, 0.3) is 17.0 Å². The first-order valence-electron chi connectivity index (χ1n) is 14.7. The van der Waals surface area contributed by atoms with Crippen LogP contribution >= 0.6 is 0 Å². The van der Waals surface area contributed by atoms with E-state index in [9.17, 15) is 9.59 Å². The van der Waals surface area contributed by atoms with E-state index in [1.54, 1.807) is 16.7 Å². The highest BCUT2D eigenvalue weighted by atomic mass is 16.7. The van der Waals surface area contributed by atoms with Gasteiger partial charge in [0, 0.05) is 23.4 Å². The molecule has 0 bridgehead atoms. The first kappa shape index (κ1) is 29.1. The second-order valence-corrected chi connectivity index (χ2v) is 10.5. The molecular weight excluding hydrogens is 554 g/mol. The van der Waals surface area contributed by atoms with Crippen LogP contribution in [-0.2, 0) is 40.4 Å². The zero-order valence-corrected chi connectivity index (χ0v) is 24.3. The van der Waals surface area contributed by atoms with Crippen molar-refractivity contribution in [3.05, 3.63) is 148 Å². The number of benzene rings is 4. The van der Waals surface area contributed by atoms with Crippen LogP contribution in [0.4, 0.5) is 0 Å². The summed E-state index contributed by atoms with van der Waals surface area (Å²) in [5, 5.41) is 0.899. The Morgan fingerprint density at radius 3 is 2.00 bits per heavy atom. The largest absolute Gasteiger partial charge is 0.488 e. The molecule has 222 valence electrons. The molecule has 44 heavy (non-hydrogen) atoms. The maximum absolute atomic E-state index is 12.3. The molecule has 1 fully saturated rings. The molecule has 0 amide bonds. The van der Waals surface area contributed by atoms with Crippen molar-refractivity contribution >= 4 is 22.8 Å². The Hall–Kier alpha value is -4.98. The van der Waals surface area contributed by atoms with Crippen LogP contribution in [-0.4, -0.2) is 29.9 Å². The third-order valence-electron chi connectivity index (χ3n) is 7.45. The molecule has 2 aliphatic rings. The van der Waals surface area contributed by atoms with Gasteiger partial charge < -0.3 is 23.5 Å². The molecule has 1 aliphatic carbocycles. The second-order valence-electron chi connectivity index (χ2n) is 10.5. The first-order valence-corrected chi connectivity index (χ1v) is 14.7. The van der Waals surface area contributed by atoms with Crippen molar-refractivity contribution in [3.8, 4) is 11.5 Å². The zero-order valence-electron chi connectivity index (χ0n) is 24.3. The number of carbonyl (C=O) groups excluding carboxylic acids is 1. The van der Waals surface area contributed by atoms with Gasteiger partial charge in [-0.1, -0.05) is 78.9 Å². The van der Waals surface area contributed by atoms with Crippen molar-refractivity contribution in [1.82, 2.24) is 4.57 Å². The lowest BCUT2D eigenvalue weighted by Gasteiger charge is -2.16. The molecular formula is C37H33NO6. The molecule has 0 unspecified atom stereocenters. The maximum Gasteiger partial charge on any atom is 0.251 e. The Morgan fingerprint density at radius 2 is 1.30 bits per heavy atom. The maximum atomic E-state index is 12.3. The number of rotatable bonds is 8. The van der Waals surface area contributed by atoms with E-state index in [-0.39, 0.29) is 17.6 Å². The van der Waals surface area contributed by atoms with Gasteiger partial charge in [-0.2, -0.15) is 0 Å². The van der Waals surface area contributed by atoms with Gasteiger partial charge in [0.15, 0.2) is 12.1 Å². The van der Waals surface area contributed by atoms with E-state index >= 15 is 0 Å². The summed E-state index contributed by atoms with van der Waals surface area (Å²) in [6.45, 7) is 2.52. The van der Waals surface area contributed by atoms with Gasteiger partial charge >= 0.3 is 0 Å². The second kappa shape index (κ2) is 14.0. The standard InChI is InChI=1S/C20H19NO4.C17H14O2/c22-19-10-9-16-17(21(19)13-20-23-11-12-24-20)7-4-8-18(16)25-14-15-5-2-1-3-6-15;18-15-9-10-16-14(11-15)7-4-8-17(16)19-12-13-5-2-1-3-6-13/h1-10,20H,11-14H2;1-10H,11-12H2. The lowest BCUT2D eigenvalue weighted by molar-refractivity contribution is -0.114. The number of pyridine rings is 1. The topological polar surface area (TPSA) is 76.0 Å². The van der Waals surface area contributed by atoms with Gasteiger partial charge in [-0.25, -0.2) is 0 Å². The summed E-state index contributed by atoms with van der Waals surface area (Å²) < 4.78 is 24.5. The number of hydrogen-bond acceptors (Lipinski definition) is 6. The molecule has 0 spiro atoms. The molecule has 0 radical (unpaired) electrons. The number of hydrogen-bond donors (Lipinski definition) is 0. The molecule has 0 saturated carbocycles. The molecule has 1 aromatic heterocycles. The summed E-state index contributed by atoms with van der Waals surface area (Å²) in [6, 6.07) is 35.0. The fraction of sp³-hybridized carbons (Fsp3) is 0.189. The molecule has 2 heterocycles. The predicted octanol–water partition coefficient (Wildman–Crippen LogP) is 6.36. The summed E-state index contributed by atoms with van der Waals surface area (Å²) >= 11 is 0. The summed E-state index contributed by atoms with van der Waals surface area (Å²) in [6.07, 6.45) is 3.56. The fourth-order valence-electron chi connectivity index (χ4n) is 5.23. The highest BCUT2D eigenvalue weighted by Gasteiger charge is 2.19. The van der Waals surface area contributed by atoms with Crippen LogP contribution in [0.2, 0.25) is 0 Å². The van der Waals surface area contributed by atoms with E-state index in [1.807, 2.05) is 109 Å². The zero-order chi connectivity index (χ0) is 30.1. The number of ketones is 1. The van der Waals surface area contributed by atoms with Crippen LogP contribution < -0.4 is 15.0 Å². The number of ether oxygens (including phenoxy) is 4. The van der Waals surface area contributed by atoms with Crippen molar-refractivity contribution in [2.45, 2.75) is 32.5 Å². The molecule has 1 aliphatic heterocycles. The number of aromatic nitrogens is 1. The monoisotopic (exact) mass is 587 g/mol. The van der Waals surface area contributed by atoms with Gasteiger partial charge in [-0.3, -0.25) is 9.59 Å². The minimum absolute atomic E-state index is 0.0770. The summed E-state index contributed by atoms with van der Waals surface area (Å²) in [5.74, 6) is 1.74. The third kappa shape index (κ3) is 7.14. The summed E-state index contributed by atoms with van der Waals surface area (Å²) in [4.78, 5) is 23.7. The number of fused-ring (bicyclic) bond motifs is 2. The van der Waals surface area contributed by atoms with E-state index in [1.165, 1.54) is 0 Å². The Labute approximate surface area is 255 Å². The summed E-state index contributed by atoms with van der Waals surface area (Å²) in [7, 11) is 0. The highest BCUT2D eigenvalue weighted by Crippen LogP contribution is 2.28. The van der Waals surface area contributed by atoms with E-state index in [0.717, 1.165) is 44.7 Å². The molecule has 0 atom stereocenters. The van der Waals surface area contributed by atoms with Gasteiger partial charge in [-0.05, 0) is 53.1 Å². The number of carbonyl (C=O) groups is 1. The van der Waals surface area contributed by atoms with Crippen molar-refractivity contribution in [2.75, 3.05) is 13.2 Å². The minimum atomic E-state index is -0.378. The van der Waals surface area contributed by atoms with Crippen LogP contribution in [0.3, 0.4) is 0 Å². The highest BCUT2D eigenvalue weighted by molar-refractivity contribution is 5.99. The van der Waals surface area contributed by atoms with Crippen molar-refractivity contribution in [3.63, 3.8) is 0 Å². The average molecular weight is 588 g/mol. The molecule has 4 aromatic carbocycles. The molecule has 5 aromatic rings. The van der Waals surface area contributed by atoms with E-state index in [4.69, 9.17) is 18.9 Å². The number of nitrogens with zero attached hydrogens (tertiary/aromatic N) is 1. The molecule has 7 rings (SSSR count). The van der Waals surface area contributed by atoms with Gasteiger partial charge in [-0.15, -0.1) is 0 Å². The van der Waals surface area contributed by atoms with Gasteiger partial charge in [0.05, 0.1) is 25.3 Å². The van der Waals surface area contributed by atoms with Gasteiger partial charge in [0.25, 0.3) is 5.56 Å². The number of allylic oxidation sites excluding steroid dienone is 1. The molecule has 7 nitrogen and oxygen atoms in total. The first-order chi connectivity index (χ1) is 21.6. The SMILES string of the molecule is O=C1C=Cc2c(cccc2OCc2ccccc2)C1.O=c1ccc2c(OCc3ccccc3)cccc2n1CC1OCCO1. The summed E-state index contributed by atoms with van der Waals surface area (Å²) in [5.41, 5.74) is 5.04. The fourth-order valence-corrected chi connectivity index (χ4v) is 5.23. The predicted molar refractivity (Wildman–Crippen MR) is 170 cm³/mol. The van der Waals surface area contributed by atoms with Gasteiger partial charge in [0.2, 0.25) is 0 Å². The average Bonchev–Trinajstić information content (AvgIpc) is 3.58. The lowest BCUT2D eigenvalue weighted by atomic mass is 9.96. The lowest BCUT2D eigenvalue weighted by Crippen LogP contribution is -2.26. The quantitative estimate of drug-likeness (QED) is 0.210. The van der Waals surface area contributed by atoms with E-state index in [0.29, 0.717) is 39.4 Å². The van der Waals surface area contributed by atoms with E-state index in [2.05, 4.69) is 0 Å². The molecule has 1 saturated heterocycles.